The number of benzene rings is 1. The molecule has 1 aromatic heterocycles. The van der Waals surface area contributed by atoms with Gasteiger partial charge in [0, 0.05) is 12.7 Å². The van der Waals surface area contributed by atoms with Crippen LogP contribution in [0.1, 0.15) is 11.3 Å². The first-order valence-corrected chi connectivity index (χ1v) is 5.84. The van der Waals surface area contributed by atoms with Gasteiger partial charge in [-0.3, -0.25) is 0 Å². The Balaban J connectivity index is 1.93. The van der Waals surface area contributed by atoms with Crippen molar-refractivity contribution in [3.8, 4) is 0 Å². The minimum atomic E-state index is -4.49. The summed E-state index contributed by atoms with van der Waals surface area (Å²) in [6.07, 6.45) is -2.91. The lowest BCUT2D eigenvalue weighted by Crippen LogP contribution is -2.13. The second-order valence-electron chi connectivity index (χ2n) is 4.07. The van der Waals surface area contributed by atoms with Gasteiger partial charge < -0.3 is 5.32 Å². The van der Waals surface area contributed by atoms with Gasteiger partial charge in [-0.1, -0.05) is 12.1 Å². The summed E-state index contributed by atoms with van der Waals surface area (Å²) in [5, 5.41) is 2.70. The van der Waals surface area contributed by atoms with E-state index in [1.807, 2.05) is 0 Å². The number of hydrogen-bond donors (Lipinski definition) is 1. The van der Waals surface area contributed by atoms with Crippen molar-refractivity contribution in [2.75, 3.05) is 11.9 Å². The summed E-state index contributed by atoms with van der Waals surface area (Å²) in [5.41, 5.74) is -0.123. The van der Waals surface area contributed by atoms with Gasteiger partial charge in [0.25, 0.3) is 0 Å². The maximum Gasteiger partial charge on any atom is 0.433 e. The van der Waals surface area contributed by atoms with Crippen molar-refractivity contribution >= 4 is 5.95 Å². The quantitative estimate of drug-likeness (QED) is 0.876. The number of aromatic nitrogens is 2. The smallest absolute Gasteiger partial charge is 0.354 e. The Morgan fingerprint density at radius 3 is 2.40 bits per heavy atom. The molecule has 0 aliphatic carbocycles. The maximum absolute atomic E-state index is 12.7. The molecule has 0 aliphatic heterocycles. The van der Waals surface area contributed by atoms with Gasteiger partial charge in [0.15, 0.2) is 0 Å². The molecule has 0 saturated carbocycles. The summed E-state index contributed by atoms with van der Waals surface area (Å²) in [7, 11) is 0. The van der Waals surface area contributed by atoms with E-state index >= 15 is 0 Å². The number of nitrogens with zero attached hydrogens (tertiary/aromatic N) is 2. The molecular formula is C13H11F4N3. The lowest BCUT2D eigenvalue weighted by Gasteiger charge is -2.08. The molecular weight excluding hydrogens is 274 g/mol. The third-order valence-corrected chi connectivity index (χ3v) is 2.56. The van der Waals surface area contributed by atoms with Crippen molar-refractivity contribution in [2.24, 2.45) is 0 Å². The Kier molecular flexibility index (Phi) is 4.16. The molecule has 0 atom stereocenters. The molecule has 3 nitrogen and oxygen atoms in total. The van der Waals surface area contributed by atoms with Crippen molar-refractivity contribution in [1.82, 2.24) is 9.97 Å². The van der Waals surface area contributed by atoms with Crippen molar-refractivity contribution in [3.63, 3.8) is 0 Å². The Morgan fingerprint density at radius 1 is 1.05 bits per heavy atom. The fourth-order valence-electron chi connectivity index (χ4n) is 1.57. The van der Waals surface area contributed by atoms with E-state index in [9.17, 15) is 17.6 Å². The number of halogens is 4. The molecule has 0 radical (unpaired) electrons. The fraction of sp³-hybridized carbons (Fsp3) is 0.231. The van der Waals surface area contributed by atoms with Gasteiger partial charge in [0.05, 0.1) is 0 Å². The zero-order valence-corrected chi connectivity index (χ0v) is 10.3. The predicted molar refractivity (Wildman–Crippen MR) is 65.6 cm³/mol. The molecule has 106 valence electrons. The molecule has 0 aliphatic rings. The van der Waals surface area contributed by atoms with Crippen molar-refractivity contribution < 1.29 is 17.6 Å². The summed E-state index contributed by atoms with van der Waals surface area (Å²) in [6.45, 7) is 0.354. The van der Waals surface area contributed by atoms with Crippen LogP contribution < -0.4 is 5.32 Å². The van der Waals surface area contributed by atoms with E-state index in [4.69, 9.17) is 0 Å². The van der Waals surface area contributed by atoms with Crippen LogP contribution in [0, 0.1) is 5.82 Å². The number of anilines is 1. The van der Waals surface area contributed by atoms with Gasteiger partial charge in [-0.2, -0.15) is 13.2 Å². The minimum absolute atomic E-state index is 0.0815. The second kappa shape index (κ2) is 5.85. The van der Waals surface area contributed by atoms with E-state index < -0.39 is 11.9 Å². The van der Waals surface area contributed by atoms with Crippen LogP contribution in [-0.4, -0.2) is 16.5 Å². The van der Waals surface area contributed by atoms with Crippen molar-refractivity contribution in [2.45, 2.75) is 12.6 Å². The predicted octanol–water partition coefficient (Wildman–Crippen LogP) is 3.29. The van der Waals surface area contributed by atoms with Gasteiger partial charge in [-0.15, -0.1) is 0 Å². The Morgan fingerprint density at radius 2 is 1.75 bits per heavy atom. The van der Waals surface area contributed by atoms with Gasteiger partial charge in [0.1, 0.15) is 11.5 Å². The number of nitrogens with one attached hydrogen (secondary N) is 1. The monoisotopic (exact) mass is 285 g/mol. The molecule has 0 fully saturated rings. The highest BCUT2D eigenvalue weighted by Crippen LogP contribution is 2.27. The maximum atomic E-state index is 12.7. The van der Waals surface area contributed by atoms with Crippen LogP contribution in [0.2, 0.25) is 0 Å². The normalized spacial score (nSPS) is 11.4. The zero-order chi connectivity index (χ0) is 14.6. The molecule has 0 saturated heterocycles. The molecule has 1 heterocycles. The standard InChI is InChI=1S/C13H11F4N3/c14-10-3-1-9(2-4-10)5-7-18-12-19-8-6-11(20-12)13(15,16)17/h1-4,6,8H,5,7H2,(H,18,19,20). The molecule has 1 aromatic carbocycles. The van der Waals surface area contributed by atoms with Crippen LogP contribution in [0.4, 0.5) is 23.5 Å². The molecule has 0 bridgehead atoms. The average Bonchev–Trinajstić information content (AvgIpc) is 2.40. The highest BCUT2D eigenvalue weighted by Gasteiger charge is 2.32. The summed E-state index contributed by atoms with van der Waals surface area (Å²) < 4.78 is 50.0. The topological polar surface area (TPSA) is 37.8 Å². The summed E-state index contributed by atoms with van der Waals surface area (Å²) >= 11 is 0. The van der Waals surface area contributed by atoms with E-state index in [1.165, 1.54) is 12.1 Å². The first-order chi connectivity index (χ1) is 9.45. The fourth-order valence-corrected chi connectivity index (χ4v) is 1.57. The Labute approximate surface area is 112 Å². The molecule has 20 heavy (non-hydrogen) atoms. The molecule has 0 unspecified atom stereocenters. The zero-order valence-electron chi connectivity index (χ0n) is 10.3. The molecule has 1 N–H and O–H groups in total. The molecule has 7 heteroatoms. The third-order valence-electron chi connectivity index (χ3n) is 2.56. The van der Waals surface area contributed by atoms with Crippen LogP contribution in [0.25, 0.3) is 0 Å². The first kappa shape index (κ1) is 14.2. The van der Waals surface area contributed by atoms with Gasteiger partial charge in [-0.05, 0) is 30.2 Å². The van der Waals surface area contributed by atoms with E-state index in [-0.39, 0.29) is 11.8 Å². The number of alkyl halides is 3. The highest BCUT2D eigenvalue weighted by molar-refractivity contribution is 5.27. The van der Waals surface area contributed by atoms with E-state index in [0.717, 1.165) is 17.8 Å². The average molecular weight is 285 g/mol. The molecule has 2 rings (SSSR count). The number of hydrogen-bond acceptors (Lipinski definition) is 3. The highest BCUT2D eigenvalue weighted by atomic mass is 19.4. The van der Waals surface area contributed by atoms with Gasteiger partial charge >= 0.3 is 6.18 Å². The van der Waals surface area contributed by atoms with Crippen LogP contribution in [-0.2, 0) is 12.6 Å². The van der Waals surface area contributed by atoms with Gasteiger partial charge in [-0.25, -0.2) is 14.4 Å². The Hall–Kier alpha value is -2.18. The van der Waals surface area contributed by atoms with Crippen molar-refractivity contribution in [1.29, 1.82) is 0 Å². The van der Waals surface area contributed by atoms with Crippen LogP contribution in [0.3, 0.4) is 0 Å². The summed E-state index contributed by atoms with van der Waals surface area (Å²) in [5.74, 6) is -0.412. The lowest BCUT2D eigenvalue weighted by molar-refractivity contribution is -0.141. The lowest BCUT2D eigenvalue weighted by atomic mass is 10.1. The Bertz CT molecular complexity index is 567. The second-order valence-corrected chi connectivity index (χ2v) is 4.07. The van der Waals surface area contributed by atoms with Crippen LogP contribution in [0.15, 0.2) is 36.5 Å². The van der Waals surface area contributed by atoms with Crippen LogP contribution in [0.5, 0.6) is 0 Å². The molecule has 2 aromatic rings. The van der Waals surface area contributed by atoms with E-state index in [2.05, 4.69) is 15.3 Å². The molecule has 0 amide bonds. The molecule has 0 spiro atoms. The van der Waals surface area contributed by atoms with Crippen LogP contribution >= 0.6 is 0 Å². The SMILES string of the molecule is Fc1ccc(CCNc2nccc(C(F)(F)F)n2)cc1. The summed E-state index contributed by atoms with van der Waals surface area (Å²) in [4.78, 5) is 7.10. The first-order valence-electron chi connectivity index (χ1n) is 5.84. The third kappa shape index (κ3) is 3.91. The number of rotatable bonds is 4. The minimum Gasteiger partial charge on any atom is -0.354 e. The largest absolute Gasteiger partial charge is 0.433 e. The summed E-state index contributed by atoms with van der Waals surface area (Å²) in [6, 6.07) is 6.70. The van der Waals surface area contributed by atoms with E-state index in [1.54, 1.807) is 12.1 Å². The van der Waals surface area contributed by atoms with Gasteiger partial charge in [0.2, 0.25) is 5.95 Å². The van der Waals surface area contributed by atoms with E-state index in [0.29, 0.717) is 13.0 Å². The van der Waals surface area contributed by atoms with Crippen molar-refractivity contribution in [3.05, 3.63) is 53.6 Å².